The number of nitrogens with zero attached hydrogens (tertiary/aromatic N) is 1. The number of sulfonamides is 1. The van der Waals surface area contributed by atoms with Crippen molar-refractivity contribution >= 4 is 45.1 Å². The van der Waals surface area contributed by atoms with Crippen molar-refractivity contribution in [3.8, 4) is 0 Å². The summed E-state index contributed by atoms with van der Waals surface area (Å²) in [4.78, 5) is 16.4. The summed E-state index contributed by atoms with van der Waals surface area (Å²) in [6, 6.07) is 12.0. The van der Waals surface area contributed by atoms with E-state index in [0.717, 1.165) is 35.7 Å². The highest BCUT2D eigenvalue weighted by Gasteiger charge is 2.24. The van der Waals surface area contributed by atoms with Crippen LogP contribution in [-0.4, -0.2) is 44.8 Å². The zero-order chi connectivity index (χ0) is 19.4. The topological polar surface area (TPSA) is 66.5 Å². The van der Waals surface area contributed by atoms with Crippen molar-refractivity contribution < 1.29 is 13.2 Å². The predicted octanol–water partition coefficient (Wildman–Crippen LogP) is 4.17. The molecule has 3 rings (SSSR count). The van der Waals surface area contributed by atoms with E-state index in [1.807, 2.05) is 24.6 Å². The fourth-order valence-corrected chi connectivity index (χ4v) is 5.34. The third-order valence-corrected chi connectivity index (χ3v) is 7.41. The molecule has 1 heterocycles. The van der Waals surface area contributed by atoms with E-state index in [1.165, 1.54) is 29.6 Å². The van der Waals surface area contributed by atoms with Crippen molar-refractivity contribution in [1.82, 2.24) is 4.90 Å². The zero-order valence-corrected chi connectivity index (χ0v) is 17.7. The molecule has 0 spiro atoms. The zero-order valence-electron chi connectivity index (χ0n) is 15.3. The molecule has 2 aromatic rings. The van der Waals surface area contributed by atoms with Crippen LogP contribution < -0.4 is 4.72 Å². The number of amides is 1. The average molecular weight is 423 g/mol. The van der Waals surface area contributed by atoms with E-state index in [4.69, 9.17) is 0 Å². The number of hydrogen-bond donors (Lipinski definition) is 1. The number of carbonyl (C=O) groups excluding carboxylic acids is 1. The van der Waals surface area contributed by atoms with Gasteiger partial charge in [-0.1, -0.05) is 12.1 Å². The number of nitrogens with one attached hydrogen (secondary N) is 1. The maximum atomic E-state index is 12.9. The fourth-order valence-electron chi connectivity index (χ4n) is 3.04. The minimum Gasteiger partial charge on any atom is -0.339 e. The minimum absolute atomic E-state index is 0.0961. The Morgan fingerprint density at radius 3 is 2.33 bits per heavy atom. The predicted molar refractivity (Wildman–Crippen MR) is 112 cm³/mol. The molecule has 1 saturated heterocycles. The third kappa shape index (κ3) is 4.44. The van der Waals surface area contributed by atoms with Gasteiger partial charge in [-0.05, 0) is 55.7 Å². The standard InChI is InChI=1S/C19H22N2O3S3/c1-25-17-10-9-14(13-15(17)19(22)21-11-5-6-12-21)27(23,24)20-16-7-3-4-8-18(16)26-2/h3-4,7-10,13,20H,5-6,11-12H2,1-2H3. The first-order valence-electron chi connectivity index (χ1n) is 8.59. The Labute approximate surface area is 169 Å². The van der Waals surface area contributed by atoms with E-state index in [0.29, 0.717) is 11.3 Å². The summed E-state index contributed by atoms with van der Waals surface area (Å²) in [6.45, 7) is 1.45. The molecule has 0 saturated carbocycles. The second-order valence-electron chi connectivity index (χ2n) is 6.17. The lowest BCUT2D eigenvalue weighted by Gasteiger charge is -2.18. The number of carbonyl (C=O) groups is 1. The van der Waals surface area contributed by atoms with Gasteiger partial charge in [0, 0.05) is 22.9 Å². The highest BCUT2D eigenvalue weighted by molar-refractivity contribution is 7.99. The number of anilines is 1. The van der Waals surface area contributed by atoms with E-state index in [2.05, 4.69) is 4.72 Å². The number of likely N-dealkylation sites (tertiary alicyclic amines) is 1. The van der Waals surface area contributed by atoms with Crippen molar-refractivity contribution in [3.05, 3.63) is 48.0 Å². The van der Waals surface area contributed by atoms with Crippen molar-refractivity contribution in [2.45, 2.75) is 27.5 Å². The number of rotatable bonds is 6. The molecule has 5 nitrogen and oxygen atoms in total. The van der Waals surface area contributed by atoms with E-state index < -0.39 is 10.0 Å². The molecule has 8 heteroatoms. The molecular weight excluding hydrogens is 400 g/mol. The van der Waals surface area contributed by atoms with Gasteiger partial charge in [0.05, 0.1) is 16.1 Å². The maximum absolute atomic E-state index is 12.9. The van der Waals surface area contributed by atoms with E-state index >= 15 is 0 Å². The van der Waals surface area contributed by atoms with Crippen LogP contribution in [0.25, 0.3) is 0 Å². The summed E-state index contributed by atoms with van der Waals surface area (Å²) >= 11 is 2.92. The molecular formula is C19H22N2O3S3. The van der Waals surface area contributed by atoms with Crippen LogP contribution in [0.5, 0.6) is 0 Å². The molecule has 0 atom stereocenters. The minimum atomic E-state index is -3.79. The van der Waals surface area contributed by atoms with Gasteiger partial charge in [0.1, 0.15) is 0 Å². The summed E-state index contributed by atoms with van der Waals surface area (Å²) in [5, 5.41) is 0. The fraction of sp³-hybridized carbons (Fsp3) is 0.316. The van der Waals surface area contributed by atoms with Crippen LogP contribution in [0, 0.1) is 0 Å². The molecule has 1 aliphatic heterocycles. The number of thioether (sulfide) groups is 2. The number of benzene rings is 2. The van der Waals surface area contributed by atoms with Crippen LogP contribution in [0.1, 0.15) is 23.2 Å². The Kier molecular flexibility index (Phi) is 6.39. The Bertz CT molecular complexity index is 939. The van der Waals surface area contributed by atoms with Gasteiger partial charge in [-0.3, -0.25) is 9.52 Å². The van der Waals surface area contributed by atoms with Gasteiger partial charge in [-0.25, -0.2) is 8.42 Å². The Hall–Kier alpha value is -1.64. The Morgan fingerprint density at radius 1 is 1.00 bits per heavy atom. The van der Waals surface area contributed by atoms with Gasteiger partial charge in [-0.2, -0.15) is 0 Å². The monoisotopic (exact) mass is 422 g/mol. The molecule has 0 radical (unpaired) electrons. The molecule has 1 fully saturated rings. The smallest absolute Gasteiger partial charge is 0.261 e. The first-order valence-corrected chi connectivity index (χ1v) is 12.5. The third-order valence-electron chi connectivity index (χ3n) is 4.46. The van der Waals surface area contributed by atoms with Crippen LogP contribution in [-0.2, 0) is 10.0 Å². The second kappa shape index (κ2) is 8.58. The molecule has 27 heavy (non-hydrogen) atoms. The summed E-state index contributed by atoms with van der Waals surface area (Å²) in [5.74, 6) is -0.0987. The van der Waals surface area contributed by atoms with E-state index in [1.54, 1.807) is 29.2 Å². The molecule has 2 aromatic carbocycles. The Morgan fingerprint density at radius 2 is 1.67 bits per heavy atom. The number of hydrogen-bond acceptors (Lipinski definition) is 5. The van der Waals surface area contributed by atoms with Crippen LogP contribution in [0.4, 0.5) is 5.69 Å². The second-order valence-corrected chi connectivity index (χ2v) is 9.55. The van der Waals surface area contributed by atoms with Crippen LogP contribution in [0.3, 0.4) is 0 Å². The van der Waals surface area contributed by atoms with Gasteiger partial charge in [0.25, 0.3) is 15.9 Å². The van der Waals surface area contributed by atoms with Gasteiger partial charge < -0.3 is 4.90 Å². The van der Waals surface area contributed by atoms with E-state index in [9.17, 15) is 13.2 Å². The lowest BCUT2D eigenvalue weighted by molar-refractivity contribution is 0.0789. The highest BCUT2D eigenvalue weighted by Crippen LogP contribution is 2.30. The molecule has 0 aromatic heterocycles. The van der Waals surface area contributed by atoms with Gasteiger partial charge in [0.2, 0.25) is 0 Å². The number of para-hydroxylation sites is 1. The molecule has 0 unspecified atom stereocenters. The van der Waals surface area contributed by atoms with E-state index in [-0.39, 0.29) is 10.8 Å². The molecule has 0 bridgehead atoms. The van der Waals surface area contributed by atoms with Gasteiger partial charge in [0.15, 0.2) is 0 Å². The van der Waals surface area contributed by atoms with Crippen LogP contribution in [0.2, 0.25) is 0 Å². The van der Waals surface area contributed by atoms with Gasteiger partial charge >= 0.3 is 0 Å². The largest absolute Gasteiger partial charge is 0.339 e. The Balaban J connectivity index is 1.95. The molecule has 1 amide bonds. The summed E-state index contributed by atoms with van der Waals surface area (Å²) in [5.41, 5.74) is 0.983. The lowest BCUT2D eigenvalue weighted by atomic mass is 10.2. The highest BCUT2D eigenvalue weighted by atomic mass is 32.2. The van der Waals surface area contributed by atoms with Crippen molar-refractivity contribution in [2.75, 3.05) is 30.3 Å². The summed E-state index contributed by atoms with van der Waals surface area (Å²) in [6.07, 6.45) is 5.77. The van der Waals surface area contributed by atoms with Crippen molar-refractivity contribution in [1.29, 1.82) is 0 Å². The lowest BCUT2D eigenvalue weighted by Crippen LogP contribution is -2.28. The first-order chi connectivity index (χ1) is 13.0. The van der Waals surface area contributed by atoms with Gasteiger partial charge in [-0.15, -0.1) is 23.5 Å². The van der Waals surface area contributed by atoms with Crippen molar-refractivity contribution in [3.63, 3.8) is 0 Å². The average Bonchev–Trinajstić information content (AvgIpc) is 3.22. The van der Waals surface area contributed by atoms with Crippen LogP contribution in [0.15, 0.2) is 57.2 Å². The van der Waals surface area contributed by atoms with Crippen LogP contribution >= 0.6 is 23.5 Å². The normalized spacial score (nSPS) is 14.4. The molecule has 0 aliphatic carbocycles. The van der Waals surface area contributed by atoms with Crippen molar-refractivity contribution in [2.24, 2.45) is 0 Å². The quantitative estimate of drug-likeness (QED) is 0.708. The molecule has 1 aliphatic rings. The first kappa shape index (κ1) is 20.1. The summed E-state index contributed by atoms with van der Waals surface area (Å²) in [7, 11) is -3.79. The molecule has 144 valence electrons. The SMILES string of the molecule is CSc1ccccc1NS(=O)(=O)c1ccc(SC)c(C(=O)N2CCCC2)c1. The maximum Gasteiger partial charge on any atom is 0.261 e. The summed E-state index contributed by atoms with van der Waals surface area (Å²) < 4.78 is 28.5. The molecule has 1 N–H and O–H groups in total.